The molecule has 3 nitrogen and oxygen atoms in total. The van der Waals surface area contributed by atoms with Crippen molar-refractivity contribution < 1.29 is 9.84 Å². The highest BCUT2D eigenvalue weighted by atomic mass is 16.5. The van der Waals surface area contributed by atoms with E-state index in [1.807, 2.05) is 12.1 Å². The number of phenols is 1. The molecule has 1 N–H and O–H groups in total. The Kier molecular flexibility index (Phi) is 4.59. The molecule has 1 aliphatic rings. The van der Waals surface area contributed by atoms with Gasteiger partial charge in [-0.2, -0.15) is 0 Å². The van der Waals surface area contributed by atoms with Gasteiger partial charge in [0.1, 0.15) is 11.5 Å². The number of benzene rings is 1. The lowest BCUT2D eigenvalue weighted by Gasteiger charge is -2.44. The standard InChI is InChI=1S/C17H27NO2/c1-11-8-12(2)13(3)18(10-11)14(4)16-7-6-15(20-5)9-17(16)19/h6-7,9,11-14,19H,8,10H2,1-5H3. The number of piperidine rings is 1. The molecule has 1 heterocycles. The van der Waals surface area contributed by atoms with Crippen molar-refractivity contribution in [1.82, 2.24) is 4.90 Å². The van der Waals surface area contributed by atoms with E-state index in [4.69, 9.17) is 4.74 Å². The average molecular weight is 277 g/mol. The maximum Gasteiger partial charge on any atom is 0.124 e. The number of phenolic OH excluding ortho intramolecular Hbond substituents is 1. The van der Waals surface area contributed by atoms with Crippen LogP contribution in [0, 0.1) is 11.8 Å². The number of aromatic hydroxyl groups is 1. The highest BCUT2D eigenvalue weighted by Crippen LogP contribution is 2.37. The van der Waals surface area contributed by atoms with E-state index in [1.54, 1.807) is 13.2 Å². The second-order valence-corrected chi connectivity index (χ2v) is 6.36. The lowest BCUT2D eigenvalue weighted by Crippen LogP contribution is -2.46. The van der Waals surface area contributed by atoms with Crippen molar-refractivity contribution in [3.63, 3.8) is 0 Å². The van der Waals surface area contributed by atoms with Gasteiger partial charge in [-0.05, 0) is 38.2 Å². The highest BCUT2D eigenvalue weighted by Gasteiger charge is 2.32. The minimum absolute atomic E-state index is 0.223. The van der Waals surface area contributed by atoms with Crippen LogP contribution in [0.3, 0.4) is 0 Å². The quantitative estimate of drug-likeness (QED) is 0.911. The van der Waals surface area contributed by atoms with Crippen LogP contribution in [0.15, 0.2) is 18.2 Å². The SMILES string of the molecule is COc1ccc(C(C)N2CC(C)CC(C)C2C)c(O)c1. The third-order valence-electron chi connectivity index (χ3n) is 4.83. The second-order valence-electron chi connectivity index (χ2n) is 6.36. The van der Waals surface area contributed by atoms with Crippen LogP contribution in [-0.2, 0) is 0 Å². The van der Waals surface area contributed by atoms with Crippen LogP contribution in [-0.4, -0.2) is 29.7 Å². The number of rotatable bonds is 3. The fraction of sp³-hybridized carbons (Fsp3) is 0.647. The molecule has 0 aromatic heterocycles. The van der Waals surface area contributed by atoms with Crippen LogP contribution in [0.5, 0.6) is 11.5 Å². The fourth-order valence-corrected chi connectivity index (χ4v) is 3.45. The Morgan fingerprint density at radius 2 is 2.00 bits per heavy atom. The zero-order valence-corrected chi connectivity index (χ0v) is 13.3. The Morgan fingerprint density at radius 1 is 1.30 bits per heavy atom. The Labute approximate surface area is 122 Å². The Hall–Kier alpha value is -1.22. The molecular weight excluding hydrogens is 250 g/mol. The van der Waals surface area contributed by atoms with Gasteiger partial charge in [-0.3, -0.25) is 4.90 Å². The molecule has 1 fully saturated rings. The first-order valence-corrected chi connectivity index (χ1v) is 7.56. The third kappa shape index (κ3) is 2.93. The number of likely N-dealkylation sites (tertiary alicyclic amines) is 1. The molecule has 0 amide bonds. The lowest BCUT2D eigenvalue weighted by molar-refractivity contribution is 0.0452. The van der Waals surface area contributed by atoms with E-state index in [0.29, 0.717) is 29.4 Å². The predicted molar refractivity (Wildman–Crippen MR) is 82.2 cm³/mol. The summed E-state index contributed by atoms with van der Waals surface area (Å²) in [7, 11) is 1.62. The summed E-state index contributed by atoms with van der Waals surface area (Å²) in [6.07, 6.45) is 1.29. The molecule has 1 aliphatic heterocycles. The molecule has 1 saturated heterocycles. The Bertz CT molecular complexity index is 460. The summed E-state index contributed by atoms with van der Waals surface area (Å²) in [6.45, 7) is 10.2. The van der Waals surface area contributed by atoms with Crippen LogP contribution in [0.1, 0.15) is 45.7 Å². The maximum absolute atomic E-state index is 10.2. The third-order valence-corrected chi connectivity index (χ3v) is 4.83. The van der Waals surface area contributed by atoms with Crippen molar-refractivity contribution in [1.29, 1.82) is 0 Å². The molecule has 0 saturated carbocycles. The van der Waals surface area contributed by atoms with Crippen molar-refractivity contribution in [3.05, 3.63) is 23.8 Å². The van der Waals surface area contributed by atoms with E-state index in [2.05, 4.69) is 32.6 Å². The topological polar surface area (TPSA) is 32.7 Å². The smallest absolute Gasteiger partial charge is 0.124 e. The van der Waals surface area contributed by atoms with E-state index in [0.717, 1.165) is 12.1 Å². The summed E-state index contributed by atoms with van der Waals surface area (Å²) in [5.74, 6) is 2.44. The monoisotopic (exact) mass is 277 g/mol. The number of ether oxygens (including phenoxy) is 1. The second kappa shape index (κ2) is 6.04. The van der Waals surface area contributed by atoms with Crippen molar-refractivity contribution >= 4 is 0 Å². The van der Waals surface area contributed by atoms with Gasteiger partial charge in [0.2, 0.25) is 0 Å². The molecule has 0 aliphatic carbocycles. The van der Waals surface area contributed by atoms with E-state index in [9.17, 15) is 5.11 Å². The molecule has 3 heteroatoms. The van der Waals surface area contributed by atoms with Gasteiger partial charge in [0.25, 0.3) is 0 Å². The first-order valence-electron chi connectivity index (χ1n) is 7.56. The molecular formula is C17H27NO2. The Balaban J connectivity index is 2.23. The van der Waals surface area contributed by atoms with Gasteiger partial charge in [0.05, 0.1) is 7.11 Å². The minimum atomic E-state index is 0.223. The Morgan fingerprint density at radius 3 is 2.60 bits per heavy atom. The largest absolute Gasteiger partial charge is 0.507 e. The van der Waals surface area contributed by atoms with Crippen molar-refractivity contribution in [2.75, 3.05) is 13.7 Å². The van der Waals surface area contributed by atoms with Crippen LogP contribution in [0.25, 0.3) is 0 Å². The van der Waals surface area contributed by atoms with E-state index in [-0.39, 0.29) is 6.04 Å². The van der Waals surface area contributed by atoms with E-state index < -0.39 is 0 Å². The number of hydrogen-bond acceptors (Lipinski definition) is 3. The molecule has 20 heavy (non-hydrogen) atoms. The van der Waals surface area contributed by atoms with E-state index >= 15 is 0 Å². The molecule has 2 rings (SSSR count). The molecule has 1 aromatic rings. The number of methoxy groups -OCH3 is 1. The number of hydrogen-bond donors (Lipinski definition) is 1. The summed E-state index contributed by atoms with van der Waals surface area (Å²) < 4.78 is 5.16. The normalized spacial score (nSPS) is 29.1. The van der Waals surface area contributed by atoms with Gasteiger partial charge < -0.3 is 9.84 Å². The van der Waals surface area contributed by atoms with Crippen LogP contribution >= 0.6 is 0 Å². The first kappa shape index (κ1) is 15.2. The molecule has 1 aromatic carbocycles. The molecule has 0 radical (unpaired) electrons. The highest BCUT2D eigenvalue weighted by molar-refractivity contribution is 5.41. The zero-order valence-electron chi connectivity index (χ0n) is 13.3. The average Bonchev–Trinajstić information content (AvgIpc) is 2.41. The minimum Gasteiger partial charge on any atom is -0.507 e. The van der Waals surface area contributed by atoms with Crippen molar-refractivity contribution in [2.45, 2.75) is 46.2 Å². The van der Waals surface area contributed by atoms with E-state index in [1.165, 1.54) is 6.42 Å². The van der Waals surface area contributed by atoms with Crippen molar-refractivity contribution in [3.8, 4) is 11.5 Å². The summed E-state index contributed by atoms with van der Waals surface area (Å²) in [4.78, 5) is 2.51. The van der Waals surface area contributed by atoms with Gasteiger partial charge >= 0.3 is 0 Å². The van der Waals surface area contributed by atoms with Gasteiger partial charge in [0.15, 0.2) is 0 Å². The molecule has 112 valence electrons. The molecule has 4 unspecified atom stereocenters. The number of nitrogens with zero attached hydrogens (tertiary/aromatic N) is 1. The summed E-state index contributed by atoms with van der Waals surface area (Å²) in [5.41, 5.74) is 0.985. The summed E-state index contributed by atoms with van der Waals surface area (Å²) in [6, 6.07) is 6.37. The first-order chi connectivity index (χ1) is 9.43. The maximum atomic E-state index is 10.2. The predicted octanol–water partition coefficient (Wildman–Crippen LogP) is 3.83. The molecule has 4 atom stereocenters. The van der Waals surface area contributed by atoms with Gasteiger partial charge in [-0.25, -0.2) is 0 Å². The van der Waals surface area contributed by atoms with Gasteiger partial charge in [-0.15, -0.1) is 0 Å². The fourth-order valence-electron chi connectivity index (χ4n) is 3.45. The van der Waals surface area contributed by atoms with Crippen molar-refractivity contribution in [2.24, 2.45) is 11.8 Å². The molecule has 0 bridgehead atoms. The van der Waals surface area contributed by atoms with Gasteiger partial charge in [0, 0.05) is 30.3 Å². The lowest BCUT2D eigenvalue weighted by atomic mass is 9.84. The summed E-state index contributed by atoms with van der Waals surface area (Å²) in [5, 5.41) is 10.2. The van der Waals surface area contributed by atoms with Crippen LogP contribution in [0.2, 0.25) is 0 Å². The van der Waals surface area contributed by atoms with Gasteiger partial charge in [-0.1, -0.05) is 19.9 Å². The zero-order chi connectivity index (χ0) is 14.9. The van der Waals surface area contributed by atoms with Crippen LogP contribution < -0.4 is 4.74 Å². The van der Waals surface area contributed by atoms with Crippen LogP contribution in [0.4, 0.5) is 0 Å². The molecule has 0 spiro atoms. The summed E-state index contributed by atoms with van der Waals surface area (Å²) >= 11 is 0.